The summed E-state index contributed by atoms with van der Waals surface area (Å²) in [6.45, 7) is 0. The van der Waals surface area contributed by atoms with Gasteiger partial charge in [0.05, 0.1) is 19.6 Å². The van der Waals surface area contributed by atoms with Gasteiger partial charge in [-0.05, 0) is 37.8 Å². The first-order valence-corrected chi connectivity index (χ1v) is 8.30. The number of halogens is 1. The molecule has 1 fully saturated rings. The van der Waals surface area contributed by atoms with E-state index in [9.17, 15) is 4.79 Å². The first-order valence-electron chi connectivity index (χ1n) is 7.92. The standard InChI is InChI=1S/C16H22ClNO3.CH2O3/c1-20-12-8-6-11(7-9-12)18-16(19)10-13-14(17)4-3-5-15(13)21-2;2-1(3)4/h3-5,11-12H,6-10H2,1-2H3,(H,18,19);(H2,2,3,4). The van der Waals surface area contributed by atoms with Crippen LogP contribution in [-0.4, -0.2) is 48.6 Å². The van der Waals surface area contributed by atoms with Crippen molar-refractivity contribution < 1.29 is 29.3 Å². The Morgan fingerprint density at radius 2 is 1.80 bits per heavy atom. The Balaban J connectivity index is 0.000000705. The molecule has 0 aliphatic heterocycles. The first kappa shape index (κ1) is 21.1. The maximum atomic E-state index is 12.2. The lowest BCUT2D eigenvalue weighted by atomic mass is 9.93. The van der Waals surface area contributed by atoms with Crippen LogP contribution < -0.4 is 10.1 Å². The number of methoxy groups -OCH3 is 2. The van der Waals surface area contributed by atoms with Crippen LogP contribution >= 0.6 is 11.6 Å². The molecule has 0 aromatic heterocycles. The van der Waals surface area contributed by atoms with E-state index in [2.05, 4.69) is 5.32 Å². The van der Waals surface area contributed by atoms with Crippen molar-refractivity contribution in [2.75, 3.05) is 14.2 Å². The first-order chi connectivity index (χ1) is 11.9. The summed E-state index contributed by atoms with van der Waals surface area (Å²) in [5.74, 6) is 0.642. The Bertz CT molecular complexity index is 568. The van der Waals surface area contributed by atoms with Crippen LogP contribution in [-0.2, 0) is 16.0 Å². The number of hydrogen-bond donors (Lipinski definition) is 3. The van der Waals surface area contributed by atoms with E-state index in [1.54, 1.807) is 20.3 Å². The van der Waals surface area contributed by atoms with Gasteiger partial charge in [0.25, 0.3) is 0 Å². The number of amides is 1. The molecule has 1 saturated carbocycles. The average Bonchev–Trinajstić information content (AvgIpc) is 2.57. The summed E-state index contributed by atoms with van der Waals surface area (Å²) in [5, 5.41) is 17.6. The normalized spacial score (nSPS) is 19.3. The van der Waals surface area contributed by atoms with Gasteiger partial charge in [-0.3, -0.25) is 4.79 Å². The van der Waals surface area contributed by atoms with E-state index in [-0.39, 0.29) is 18.4 Å². The summed E-state index contributed by atoms with van der Waals surface area (Å²) >= 11 is 6.16. The molecule has 7 nitrogen and oxygen atoms in total. The van der Waals surface area contributed by atoms with E-state index in [4.69, 9.17) is 36.1 Å². The Morgan fingerprint density at radius 3 is 2.32 bits per heavy atom. The molecule has 0 saturated heterocycles. The third-order valence-electron chi connectivity index (χ3n) is 4.01. The van der Waals surface area contributed by atoms with Crippen molar-refractivity contribution in [3.63, 3.8) is 0 Å². The van der Waals surface area contributed by atoms with Gasteiger partial charge in [-0.2, -0.15) is 0 Å². The number of hydrogen-bond acceptors (Lipinski definition) is 4. The molecule has 0 heterocycles. The Kier molecular flexibility index (Phi) is 9.08. The molecular formula is C17H24ClNO6. The quantitative estimate of drug-likeness (QED) is 0.732. The average molecular weight is 374 g/mol. The highest BCUT2D eigenvalue weighted by Crippen LogP contribution is 2.27. The van der Waals surface area contributed by atoms with Gasteiger partial charge in [-0.15, -0.1) is 0 Å². The minimum atomic E-state index is -1.83. The Hall–Kier alpha value is -1.99. The largest absolute Gasteiger partial charge is 0.503 e. The molecule has 0 unspecified atom stereocenters. The molecule has 1 aliphatic carbocycles. The lowest BCUT2D eigenvalue weighted by Crippen LogP contribution is -2.39. The topological polar surface area (TPSA) is 105 Å². The zero-order chi connectivity index (χ0) is 18.8. The van der Waals surface area contributed by atoms with Gasteiger partial charge in [0.2, 0.25) is 5.91 Å². The van der Waals surface area contributed by atoms with E-state index in [0.717, 1.165) is 31.2 Å². The second kappa shape index (κ2) is 10.8. The van der Waals surface area contributed by atoms with E-state index in [1.807, 2.05) is 12.1 Å². The smallest absolute Gasteiger partial charge is 0.496 e. The molecule has 1 amide bonds. The van der Waals surface area contributed by atoms with Crippen molar-refractivity contribution >= 4 is 23.7 Å². The Labute approximate surface area is 151 Å². The predicted molar refractivity (Wildman–Crippen MR) is 93.6 cm³/mol. The third kappa shape index (κ3) is 7.62. The fraction of sp³-hybridized carbons (Fsp3) is 0.529. The van der Waals surface area contributed by atoms with Gasteiger partial charge in [-0.1, -0.05) is 17.7 Å². The lowest BCUT2D eigenvalue weighted by Gasteiger charge is -2.28. The number of carbonyl (C=O) groups is 2. The highest BCUT2D eigenvalue weighted by molar-refractivity contribution is 6.31. The van der Waals surface area contributed by atoms with E-state index >= 15 is 0 Å². The van der Waals surface area contributed by atoms with Gasteiger partial charge in [-0.25, -0.2) is 4.79 Å². The second-order valence-corrected chi connectivity index (χ2v) is 6.06. The molecule has 0 spiro atoms. The summed E-state index contributed by atoms with van der Waals surface area (Å²) in [6, 6.07) is 5.64. The van der Waals surface area contributed by atoms with Crippen molar-refractivity contribution in [2.45, 2.75) is 44.2 Å². The molecule has 140 valence electrons. The monoisotopic (exact) mass is 373 g/mol. The van der Waals surface area contributed by atoms with Crippen molar-refractivity contribution in [1.82, 2.24) is 5.32 Å². The minimum absolute atomic E-state index is 0.0118. The SMILES string of the molecule is COc1cccc(Cl)c1CC(=O)NC1CCC(OC)CC1.O=C(O)O. The summed E-state index contributed by atoms with van der Waals surface area (Å²) in [6.07, 6.45) is 2.66. The number of rotatable bonds is 5. The zero-order valence-electron chi connectivity index (χ0n) is 14.3. The fourth-order valence-corrected chi connectivity index (χ4v) is 3.02. The molecule has 0 atom stereocenters. The molecule has 1 aromatic rings. The summed E-state index contributed by atoms with van der Waals surface area (Å²) in [5.41, 5.74) is 0.741. The summed E-state index contributed by atoms with van der Waals surface area (Å²) in [7, 11) is 3.33. The van der Waals surface area contributed by atoms with Crippen LogP contribution in [0.5, 0.6) is 5.75 Å². The van der Waals surface area contributed by atoms with Crippen LogP contribution in [0.2, 0.25) is 5.02 Å². The number of carboxylic acid groups (broad SMARTS) is 2. The van der Waals surface area contributed by atoms with E-state index < -0.39 is 6.16 Å². The number of benzene rings is 1. The minimum Gasteiger partial charge on any atom is -0.496 e. The summed E-state index contributed by atoms with van der Waals surface area (Å²) < 4.78 is 10.6. The van der Waals surface area contributed by atoms with Crippen LogP contribution in [0.1, 0.15) is 31.2 Å². The lowest BCUT2D eigenvalue weighted by molar-refractivity contribution is -0.121. The van der Waals surface area contributed by atoms with Crippen LogP contribution in [0.15, 0.2) is 18.2 Å². The number of nitrogens with one attached hydrogen (secondary N) is 1. The van der Waals surface area contributed by atoms with Crippen molar-refractivity contribution in [1.29, 1.82) is 0 Å². The molecule has 2 rings (SSSR count). The summed E-state index contributed by atoms with van der Waals surface area (Å²) in [4.78, 5) is 20.8. The van der Waals surface area contributed by atoms with Crippen LogP contribution in [0.4, 0.5) is 4.79 Å². The molecule has 8 heteroatoms. The number of ether oxygens (including phenoxy) is 2. The third-order valence-corrected chi connectivity index (χ3v) is 4.36. The highest BCUT2D eigenvalue weighted by Gasteiger charge is 2.22. The van der Waals surface area contributed by atoms with E-state index in [0.29, 0.717) is 16.9 Å². The van der Waals surface area contributed by atoms with Crippen molar-refractivity contribution in [3.8, 4) is 5.75 Å². The van der Waals surface area contributed by atoms with Crippen molar-refractivity contribution in [2.24, 2.45) is 0 Å². The Morgan fingerprint density at radius 1 is 1.20 bits per heavy atom. The molecular weight excluding hydrogens is 350 g/mol. The highest BCUT2D eigenvalue weighted by atomic mass is 35.5. The number of carbonyl (C=O) groups excluding carboxylic acids is 1. The maximum absolute atomic E-state index is 12.2. The van der Waals surface area contributed by atoms with Gasteiger partial charge in [0.1, 0.15) is 5.75 Å². The van der Waals surface area contributed by atoms with Gasteiger partial charge in [0, 0.05) is 23.7 Å². The molecule has 3 N–H and O–H groups in total. The second-order valence-electron chi connectivity index (χ2n) is 5.66. The van der Waals surface area contributed by atoms with Crippen LogP contribution in [0, 0.1) is 0 Å². The molecule has 0 radical (unpaired) electrons. The fourth-order valence-electron chi connectivity index (χ4n) is 2.78. The van der Waals surface area contributed by atoms with Crippen LogP contribution in [0.25, 0.3) is 0 Å². The van der Waals surface area contributed by atoms with Gasteiger partial charge < -0.3 is 25.0 Å². The van der Waals surface area contributed by atoms with Crippen molar-refractivity contribution in [3.05, 3.63) is 28.8 Å². The molecule has 1 aromatic carbocycles. The molecule has 1 aliphatic rings. The van der Waals surface area contributed by atoms with Crippen LogP contribution in [0.3, 0.4) is 0 Å². The predicted octanol–water partition coefficient (Wildman–Crippen LogP) is 3.19. The zero-order valence-corrected chi connectivity index (χ0v) is 15.1. The van der Waals surface area contributed by atoms with Gasteiger partial charge >= 0.3 is 6.16 Å². The molecule has 0 bridgehead atoms. The van der Waals surface area contributed by atoms with Gasteiger partial charge in [0.15, 0.2) is 0 Å². The maximum Gasteiger partial charge on any atom is 0.503 e. The molecule has 25 heavy (non-hydrogen) atoms. The van der Waals surface area contributed by atoms with E-state index in [1.165, 1.54) is 0 Å².